The van der Waals surface area contributed by atoms with Crippen molar-refractivity contribution >= 4 is 17.1 Å². The summed E-state index contributed by atoms with van der Waals surface area (Å²) in [6.07, 6.45) is 3.40. The molecule has 3 aromatic heterocycles. The molecule has 4 heteroatoms. The van der Waals surface area contributed by atoms with Crippen molar-refractivity contribution in [3.63, 3.8) is 0 Å². The van der Waals surface area contributed by atoms with Crippen molar-refractivity contribution in [3.05, 3.63) is 47.8 Å². The zero-order valence-electron chi connectivity index (χ0n) is 7.72. The summed E-state index contributed by atoms with van der Waals surface area (Å²) < 4.78 is 7.01. The lowest BCUT2D eigenvalue weighted by Crippen LogP contribution is -1.85. The van der Waals surface area contributed by atoms with Gasteiger partial charge in [0, 0.05) is 6.20 Å². The summed E-state index contributed by atoms with van der Waals surface area (Å²) in [5.41, 5.74) is 1.80. The van der Waals surface area contributed by atoms with Crippen molar-refractivity contribution in [3.8, 4) is 11.5 Å². The Bertz CT molecular complexity index is 598. The number of nitrogens with zero attached hydrogens (tertiary/aromatic N) is 2. The van der Waals surface area contributed by atoms with Gasteiger partial charge in [-0.2, -0.15) is 5.10 Å². The first-order valence-electron chi connectivity index (χ1n) is 4.52. The van der Waals surface area contributed by atoms with Crippen LogP contribution in [0, 0.1) is 0 Å². The lowest BCUT2D eigenvalue weighted by atomic mass is 10.3. The lowest BCUT2D eigenvalue weighted by Gasteiger charge is -1.91. The van der Waals surface area contributed by atoms with E-state index in [9.17, 15) is 0 Å². The van der Waals surface area contributed by atoms with E-state index in [1.165, 1.54) is 0 Å². The van der Waals surface area contributed by atoms with Crippen LogP contribution in [0.3, 0.4) is 0 Å². The first kappa shape index (κ1) is 8.56. The number of halogens is 1. The predicted molar refractivity (Wildman–Crippen MR) is 57.9 cm³/mol. The Morgan fingerprint density at radius 2 is 2.20 bits per heavy atom. The number of rotatable bonds is 1. The van der Waals surface area contributed by atoms with Crippen LogP contribution < -0.4 is 0 Å². The molecule has 3 nitrogen and oxygen atoms in total. The zero-order chi connectivity index (χ0) is 10.3. The normalized spacial score (nSPS) is 11.0. The van der Waals surface area contributed by atoms with Gasteiger partial charge >= 0.3 is 0 Å². The SMILES string of the molecule is Clc1ccc2cc(-c3ccco3)nn2c1. The maximum atomic E-state index is 5.87. The second-order valence-corrected chi connectivity index (χ2v) is 3.66. The summed E-state index contributed by atoms with van der Waals surface area (Å²) in [7, 11) is 0. The van der Waals surface area contributed by atoms with Crippen LogP contribution in [0.5, 0.6) is 0 Å². The van der Waals surface area contributed by atoms with Crippen LogP contribution in [0.2, 0.25) is 5.02 Å². The highest BCUT2D eigenvalue weighted by molar-refractivity contribution is 6.30. The highest BCUT2D eigenvalue weighted by atomic mass is 35.5. The first-order chi connectivity index (χ1) is 7.33. The molecule has 3 rings (SSSR count). The van der Waals surface area contributed by atoms with Crippen molar-refractivity contribution in [2.24, 2.45) is 0 Å². The van der Waals surface area contributed by atoms with Gasteiger partial charge in [0.15, 0.2) is 5.76 Å². The first-order valence-corrected chi connectivity index (χ1v) is 4.89. The maximum absolute atomic E-state index is 5.87. The lowest BCUT2D eigenvalue weighted by molar-refractivity contribution is 0.579. The fraction of sp³-hybridized carbons (Fsp3) is 0. The molecule has 0 unspecified atom stereocenters. The third-order valence-electron chi connectivity index (χ3n) is 2.20. The Kier molecular flexibility index (Phi) is 1.79. The van der Waals surface area contributed by atoms with Gasteiger partial charge in [-0.25, -0.2) is 4.52 Å². The maximum Gasteiger partial charge on any atom is 0.154 e. The Balaban J connectivity index is 2.22. The monoisotopic (exact) mass is 218 g/mol. The second-order valence-electron chi connectivity index (χ2n) is 3.22. The summed E-state index contributed by atoms with van der Waals surface area (Å²) in [6.45, 7) is 0. The zero-order valence-corrected chi connectivity index (χ0v) is 8.48. The van der Waals surface area contributed by atoms with E-state index in [-0.39, 0.29) is 0 Å². The third kappa shape index (κ3) is 1.41. The molecular formula is C11H7ClN2O. The van der Waals surface area contributed by atoms with Gasteiger partial charge in [-0.05, 0) is 30.3 Å². The van der Waals surface area contributed by atoms with Crippen LogP contribution in [-0.2, 0) is 0 Å². The largest absolute Gasteiger partial charge is 0.463 e. The molecule has 3 aromatic rings. The van der Waals surface area contributed by atoms with Crippen LogP contribution >= 0.6 is 11.6 Å². The molecule has 3 heterocycles. The molecule has 0 aliphatic carbocycles. The molecular weight excluding hydrogens is 212 g/mol. The number of fused-ring (bicyclic) bond motifs is 1. The summed E-state index contributed by atoms with van der Waals surface area (Å²) in [5.74, 6) is 0.759. The molecule has 0 amide bonds. The Labute approximate surface area is 90.9 Å². The van der Waals surface area contributed by atoms with Gasteiger partial charge in [-0.15, -0.1) is 0 Å². The highest BCUT2D eigenvalue weighted by Crippen LogP contribution is 2.21. The van der Waals surface area contributed by atoms with Crippen LogP contribution in [0.1, 0.15) is 0 Å². The number of aromatic nitrogens is 2. The molecule has 0 aliphatic rings. The van der Waals surface area contributed by atoms with Crippen LogP contribution in [0.15, 0.2) is 47.2 Å². The fourth-order valence-electron chi connectivity index (χ4n) is 1.51. The van der Waals surface area contributed by atoms with Gasteiger partial charge in [0.2, 0.25) is 0 Å². The average Bonchev–Trinajstić information content (AvgIpc) is 2.84. The van der Waals surface area contributed by atoms with Crippen LogP contribution in [0.4, 0.5) is 0 Å². The summed E-state index contributed by atoms with van der Waals surface area (Å²) in [5, 5.41) is 5.02. The van der Waals surface area contributed by atoms with Gasteiger partial charge in [-0.3, -0.25) is 0 Å². The average molecular weight is 219 g/mol. The Morgan fingerprint density at radius 1 is 1.27 bits per heavy atom. The van der Waals surface area contributed by atoms with Gasteiger partial charge < -0.3 is 4.42 Å². The molecule has 0 atom stereocenters. The highest BCUT2D eigenvalue weighted by Gasteiger charge is 2.06. The van der Waals surface area contributed by atoms with Gasteiger partial charge in [0.05, 0.1) is 16.8 Å². The Hall–Kier alpha value is -1.74. The van der Waals surface area contributed by atoms with Crippen LogP contribution in [-0.4, -0.2) is 9.61 Å². The van der Waals surface area contributed by atoms with E-state index in [1.807, 2.05) is 30.3 Å². The molecule has 0 aliphatic heterocycles. The Morgan fingerprint density at radius 3 is 3.00 bits per heavy atom. The van der Waals surface area contributed by atoms with Crippen molar-refractivity contribution in [1.29, 1.82) is 0 Å². The van der Waals surface area contributed by atoms with E-state index in [0.29, 0.717) is 5.02 Å². The molecule has 0 spiro atoms. The van der Waals surface area contributed by atoms with Gasteiger partial charge in [-0.1, -0.05) is 11.6 Å². The fourth-order valence-corrected chi connectivity index (χ4v) is 1.66. The minimum Gasteiger partial charge on any atom is -0.463 e. The molecule has 74 valence electrons. The summed E-state index contributed by atoms with van der Waals surface area (Å²) in [4.78, 5) is 0. The molecule has 0 bridgehead atoms. The number of pyridine rings is 1. The van der Waals surface area contributed by atoms with Crippen molar-refractivity contribution in [2.45, 2.75) is 0 Å². The molecule has 15 heavy (non-hydrogen) atoms. The standard InChI is InChI=1S/C11H7ClN2O/c12-8-3-4-9-6-10(13-14(9)7-8)11-2-1-5-15-11/h1-7H. The van der Waals surface area contributed by atoms with E-state index < -0.39 is 0 Å². The number of hydrogen-bond donors (Lipinski definition) is 0. The molecule has 0 saturated heterocycles. The minimum atomic E-state index is 0.664. The summed E-state index contributed by atoms with van der Waals surface area (Å²) >= 11 is 5.87. The molecule has 0 radical (unpaired) electrons. The van der Waals surface area contributed by atoms with Crippen molar-refractivity contribution in [1.82, 2.24) is 9.61 Å². The van der Waals surface area contributed by atoms with E-state index in [1.54, 1.807) is 17.0 Å². The number of furan rings is 1. The second kappa shape index (κ2) is 3.14. The van der Waals surface area contributed by atoms with E-state index in [0.717, 1.165) is 17.0 Å². The molecule has 0 aromatic carbocycles. The van der Waals surface area contributed by atoms with Crippen molar-refractivity contribution < 1.29 is 4.42 Å². The molecule has 0 fully saturated rings. The van der Waals surface area contributed by atoms with E-state index in [2.05, 4.69) is 5.10 Å². The van der Waals surface area contributed by atoms with Crippen molar-refractivity contribution in [2.75, 3.05) is 0 Å². The van der Waals surface area contributed by atoms with E-state index in [4.69, 9.17) is 16.0 Å². The minimum absolute atomic E-state index is 0.664. The van der Waals surface area contributed by atoms with E-state index >= 15 is 0 Å². The predicted octanol–water partition coefficient (Wildman–Crippen LogP) is 3.25. The third-order valence-corrected chi connectivity index (χ3v) is 2.42. The molecule has 0 saturated carbocycles. The topological polar surface area (TPSA) is 30.4 Å². The number of hydrogen-bond acceptors (Lipinski definition) is 2. The quantitative estimate of drug-likeness (QED) is 0.628. The van der Waals surface area contributed by atoms with Gasteiger partial charge in [0.25, 0.3) is 0 Å². The molecule has 0 N–H and O–H groups in total. The summed E-state index contributed by atoms with van der Waals surface area (Å²) in [6, 6.07) is 9.43. The van der Waals surface area contributed by atoms with Crippen LogP contribution in [0.25, 0.3) is 17.0 Å². The smallest absolute Gasteiger partial charge is 0.154 e. The van der Waals surface area contributed by atoms with Gasteiger partial charge in [0.1, 0.15) is 5.69 Å².